The molecule has 2 aliphatic carbocycles. The summed E-state index contributed by atoms with van der Waals surface area (Å²) >= 11 is 3.76. The molecule has 232 valence electrons. The lowest BCUT2D eigenvalue weighted by molar-refractivity contribution is -0.144. The number of ether oxygens (including phenoxy) is 1. The molecule has 2 bridgehead atoms. The number of hydrogen-bond donors (Lipinski definition) is 2. The maximum atomic E-state index is 14.5. The molecule has 1 saturated carbocycles. The highest BCUT2D eigenvalue weighted by Crippen LogP contribution is 2.77. The van der Waals surface area contributed by atoms with Crippen molar-refractivity contribution < 1.29 is 28.7 Å². The van der Waals surface area contributed by atoms with Crippen LogP contribution in [0.4, 0.5) is 4.79 Å². The molecule has 0 aromatic heterocycles. The number of nitrogens with two attached hydrogens (primary N) is 1. The van der Waals surface area contributed by atoms with Crippen LogP contribution < -0.4 is 11.1 Å². The number of carbonyl (C=O) groups excluding carboxylic acids is 5. The molecule has 3 aliphatic rings. The minimum absolute atomic E-state index is 0.0983. The minimum Gasteiger partial charge on any atom is -0.444 e. The number of nitrogens with one attached hydrogen (secondary N) is 1. The highest BCUT2D eigenvalue weighted by Gasteiger charge is 2.85. The van der Waals surface area contributed by atoms with Crippen molar-refractivity contribution in [2.45, 2.75) is 69.8 Å². The standard InChI is InChI=1S/C34H38BrN3O6/c1-31(2,3)44-30(43)37-22(26(36)39)18-12-13-19-38-27(40)25-32(4)23(20-14-8-6-9-15-20)24(21-16-10-7-11-17-21)33(5,28(32)41)34(25,35)29(38)42/h6-11,14-17,22,25H,12-13,18-19H2,1-5H3,(H2,36,39)(H,37,43). The first-order valence-electron chi connectivity index (χ1n) is 14.8. The van der Waals surface area contributed by atoms with Crippen molar-refractivity contribution in [2.75, 3.05) is 6.54 Å². The number of likely N-dealkylation sites (tertiary alicyclic amines) is 1. The second kappa shape index (κ2) is 11.0. The van der Waals surface area contributed by atoms with Crippen LogP contribution in [0.2, 0.25) is 0 Å². The second-order valence-electron chi connectivity index (χ2n) is 13.2. The molecule has 2 aromatic carbocycles. The van der Waals surface area contributed by atoms with Gasteiger partial charge >= 0.3 is 6.09 Å². The smallest absolute Gasteiger partial charge is 0.408 e. The van der Waals surface area contributed by atoms with E-state index in [1.165, 1.54) is 4.90 Å². The summed E-state index contributed by atoms with van der Waals surface area (Å²) in [5.74, 6) is -2.63. The van der Waals surface area contributed by atoms with E-state index in [4.69, 9.17) is 10.5 Å². The average Bonchev–Trinajstić information content (AvgIpc) is 3.34. The van der Waals surface area contributed by atoms with Gasteiger partial charge in [0.25, 0.3) is 0 Å². The lowest BCUT2D eigenvalue weighted by Gasteiger charge is -2.41. The Morgan fingerprint density at radius 1 is 0.955 bits per heavy atom. The van der Waals surface area contributed by atoms with Crippen LogP contribution >= 0.6 is 15.9 Å². The first-order valence-corrected chi connectivity index (χ1v) is 15.6. The molecule has 0 radical (unpaired) electrons. The van der Waals surface area contributed by atoms with Crippen molar-refractivity contribution in [3.63, 3.8) is 0 Å². The van der Waals surface area contributed by atoms with Crippen molar-refractivity contribution in [1.82, 2.24) is 10.2 Å². The van der Waals surface area contributed by atoms with Crippen LogP contribution in [0.3, 0.4) is 0 Å². The fraction of sp³-hybridized carbons (Fsp3) is 0.441. The molecule has 3 N–H and O–H groups in total. The lowest BCUT2D eigenvalue weighted by atomic mass is 9.63. The molecule has 1 aliphatic heterocycles. The number of unbranched alkanes of at least 4 members (excludes halogenated alkanes) is 1. The summed E-state index contributed by atoms with van der Waals surface area (Å²) < 4.78 is 3.77. The maximum absolute atomic E-state index is 14.5. The van der Waals surface area contributed by atoms with Gasteiger partial charge in [0.1, 0.15) is 16.0 Å². The number of hydrogen-bond acceptors (Lipinski definition) is 6. The van der Waals surface area contributed by atoms with Crippen molar-refractivity contribution in [1.29, 1.82) is 0 Å². The van der Waals surface area contributed by atoms with Crippen molar-refractivity contribution in [3.8, 4) is 0 Å². The number of imide groups is 1. The van der Waals surface area contributed by atoms with E-state index in [1.807, 2.05) is 60.7 Å². The van der Waals surface area contributed by atoms with Gasteiger partial charge in [-0.3, -0.25) is 24.1 Å². The van der Waals surface area contributed by atoms with Gasteiger partial charge in [0.2, 0.25) is 17.7 Å². The van der Waals surface area contributed by atoms with Crippen LogP contribution in [0.15, 0.2) is 60.7 Å². The molecule has 2 fully saturated rings. The van der Waals surface area contributed by atoms with E-state index in [2.05, 4.69) is 21.2 Å². The zero-order chi connectivity index (χ0) is 32.2. The maximum Gasteiger partial charge on any atom is 0.408 e. The Balaban J connectivity index is 1.42. The Labute approximate surface area is 265 Å². The van der Waals surface area contributed by atoms with Crippen molar-refractivity contribution in [2.24, 2.45) is 22.5 Å². The van der Waals surface area contributed by atoms with E-state index >= 15 is 0 Å². The molecule has 1 heterocycles. The number of alkyl halides is 1. The molecule has 10 heteroatoms. The van der Waals surface area contributed by atoms with E-state index < -0.39 is 56.5 Å². The Kier molecular flexibility index (Phi) is 7.89. The first-order chi connectivity index (χ1) is 20.6. The molecule has 5 unspecified atom stereocenters. The van der Waals surface area contributed by atoms with Gasteiger partial charge in [-0.05, 0) is 76.2 Å². The summed E-state index contributed by atoms with van der Waals surface area (Å²) in [4.78, 5) is 68.4. The molecule has 0 spiro atoms. The normalized spacial score (nSPS) is 28.4. The SMILES string of the molecule is CC(C)(C)OC(=O)NC(CCCCN1C(=O)C2C3(C)C(=O)C(C)(C(c4ccccc4)=C3c3ccccc3)C2(Br)C1=O)C(N)=O. The summed E-state index contributed by atoms with van der Waals surface area (Å²) in [6, 6.07) is 18.2. The Morgan fingerprint density at radius 3 is 2.02 bits per heavy atom. The van der Waals surface area contributed by atoms with E-state index in [-0.39, 0.29) is 18.7 Å². The van der Waals surface area contributed by atoms with Crippen molar-refractivity contribution >= 4 is 56.7 Å². The largest absolute Gasteiger partial charge is 0.444 e. The number of nitrogens with zero attached hydrogens (tertiary/aromatic N) is 1. The number of rotatable bonds is 9. The minimum atomic E-state index is -1.46. The van der Waals surface area contributed by atoms with E-state index in [0.29, 0.717) is 12.8 Å². The van der Waals surface area contributed by atoms with Crippen LogP contribution in [-0.2, 0) is 23.9 Å². The van der Waals surface area contributed by atoms with Gasteiger partial charge < -0.3 is 15.8 Å². The summed E-state index contributed by atoms with van der Waals surface area (Å²) in [6.45, 7) is 8.82. The number of ketones is 1. The summed E-state index contributed by atoms with van der Waals surface area (Å²) in [5, 5.41) is 2.50. The number of halogens is 1. The average molecular weight is 665 g/mol. The quantitative estimate of drug-likeness (QED) is 0.223. The second-order valence-corrected chi connectivity index (χ2v) is 14.4. The first kappa shape index (κ1) is 31.6. The van der Waals surface area contributed by atoms with Crippen LogP contribution in [0.1, 0.15) is 65.0 Å². The van der Waals surface area contributed by atoms with Gasteiger partial charge in [-0.1, -0.05) is 76.6 Å². The topological polar surface area (TPSA) is 136 Å². The predicted molar refractivity (Wildman–Crippen MR) is 169 cm³/mol. The monoisotopic (exact) mass is 663 g/mol. The van der Waals surface area contributed by atoms with Crippen LogP contribution in [-0.4, -0.2) is 57.0 Å². The number of allylic oxidation sites excluding steroid dienone is 2. The van der Waals surface area contributed by atoms with Gasteiger partial charge in [0.05, 0.1) is 16.7 Å². The van der Waals surface area contributed by atoms with E-state index in [9.17, 15) is 24.0 Å². The molecule has 2 aromatic rings. The third-order valence-electron chi connectivity index (χ3n) is 9.25. The Hall–Kier alpha value is -3.79. The molecular weight excluding hydrogens is 626 g/mol. The number of fused-ring (bicyclic) bond motifs is 5. The summed E-state index contributed by atoms with van der Waals surface area (Å²) in [7, 11) is 0. The zero-order valence-electron chi connectivity index (χ0n) is 25.6. The molecule has 4 amide bonds. The van der Waals surface area contributed by atoms with Crippen LogP contribution in [0.5, 0.6) is 0 Å². The third-order valence-corrected chi connectivity index (χ3v) is 10.8. The fourth-order valence-electron chi connectivity index (χ4n) is 7.42. The number of benzene rings is 2. The lowest BCUT2D eigenvalue weighted by Crippen LogP contribution is -2.50. The van der Waals surface area contributed by atoms with Gasteiger partial charge in [-0.25, -0.2) is 4.79 Å². The molecule has 1 saturated heterocycles. The van der Waals surface area contributed by atoms with E-state index in [1.54, 1.807) is 34.6 Å². The molecule has 44 heavy (non-hydrogen) atoms. The third kappa shape index (κ3) is 4.60. The fourth-order valence-corrected chi connectivity index (χ4v) is 8.67. The molecule has 5 rings (SSSR count). The van der Waals surface area contributed by atoms with Crippen LogP contribution in [0, 0.1) is 16.7 Å². The number of primary amides is 1. The van der Waals surface area contributed by atoms with Gasteiger partial charge in [0.15, 0.2) is 5.78 Å². The summed E-state index contributed by atoms with van der Waals surface area (Å²) in [5.41, 5.74) is 5.41. The van der Waals surface area contributed by atoms with Gasteiger partial charge in [-0.15, -0.1) is 0 Å². The molecule has 5 atom stereocenters. The summed E-state index contributed by atoms with van der Waals surface area (Å²) in [6.07, 6.45) is 0.229. The number of amides is 4. The number of Topliss-reactive ketones (excluding diaryl/α,β-unsaturated/α-hetero) is 1. The highest BCUT2D eigenvalue weighted by molar-refractivity contribution is 9.10. The molecule has 9 nitrogen and oxygen atoms in total. The Bertz CT molecular complexity index is 1570. The predicted octanol–water partition coefficient (Wildman–Crippen LogP) is 4.87. The van der Waals surface area contributed by atoms with Gasteiger partial charge in [-0.2, -0.15) is 0 Å². The van der Waals surface area contributed by atoms with Crippen molar-refractivity contribution in [3.05, 3.63) is 71.8 Å². The highest BCUT2D eigenvalue weighted by atomic mass is 79.9. The van der Waals surface area contributed by atoms with E-state index in [0.717, 1.165) is 22.3 Å². The molecular formula is C34H38BrN3O6. The van der Waals surface area contributed by atoms with Gasteiger partial charge in [0, 0.05) is 6.54 Å². The number of alkyl carbamates (subject to hydrolysis) is 1. The van der Waals surface area contributed by atoms with Crippen LogP contribution in [0.25, 0.3) is 11.1 Å². The number of carbonyl (C=O) groups is 5. The zero-order valence-corrected chi connectivity index (χ0v) is 27.2. The Morgan fingerprint density at radius 2 is 1.50 bits per heavy atom.